The number of rotatable bonds is 8. The van der Waals surface area contributed by atoms with Gasteiger partial charge in [0.25, 0.3) is 0 Å². The topological polar surface area (TPSA) is 103 Å². The smallest absolute Gasteiger partial charge is 0.211 e. The fourth-order valence-electron chi connectivity index (χ4n) is 3.44. The molecule has 0 amide bonds. The molecule has 3 rings (SSSR count). The van der Waals surface area contributed by atoms with E-state index < -0.39 is 30.4 Å². The lowest BCUT2D eigenvalue weighted by molar-refractivity contribution is 0.103. The largest absolute Gasteiger partial charge is 0.308 e. The molecular weight excluding hydrogens is 424 g/mol. The fraction of sp³-hybridized carbons (Fsp3) is 0.333. The van der Waals surface area contributed by atoms with Crippen molar-refractivity contribution in [2.45, 2.75) is 43.4 Å². The van der Waals surface area contributed by atoms with Crippen molar-refractivity contribution in [2.75, 3.05) is 11.5 Å². The lowest BCUT2D eigenvalue weighted by atomic mass is 10.1. The van der Waals surface area contributed by atoms with E-state index in [-0.39, 0.29) is 39.6 Å². The molecular formula is C21H24N2O5S2. The molecule has 0 unspecified atom stereocenters. The highest BCUT2D eigenvalue weighted by molar-refractivity contribution is 7.94. The minimum atomic E-state index is -4.04. The Kier molecular flexibility index (Phi) is 6.14. The van der Waals surface area contributed by atoms with Gasteiger partial charge >= 0.3 is 0 Å². The van der Waals surface area contributed by atoms with Gasteiger partial charge in [0.15, 0.2) is 19.7 Å². The van der Waals surface area contributed by atoms with Crippen LogP contribution in [0.25, 0.3) is 5.52 Å². The number of carbonyl (C=O) groups is 1. The van der Waals surface area contributed by atoms with Gasteiger partial charge in [-0.2, -0.15) is 0 Å². The summed E-state index contributed by atoms with van der Waals surface area (Å²) in [7, 11) is -8.01. The molecule has 0 atom stereocenters. The maximum atomic E-state index is 13.4. The lowest BCUT2D eigenvalue weighted by Crippen LogP contribution is -2.17. The first-order chi connectivity index (χ1) is 14.1. The summed E-state index contributed by atoms with van der Waals surface area (Å²) in [6, 6.07) is 6.71. The number of ketones is 1. The molecule has 0 aliphatic heterocycles. The molecule has 7 nitrogen and oxygen atoms in total. The normalized spacial score (nSPS) is 12.4. The van der Waals surface area contributed by atoms with E-state index in [2.05, 4.69) is 4.98 Å². The summed E-state index contributed by atoms with van der Waals surface area (Å²) in [4.78, 5) is 16.7. The maximum absolute atomic E-state index is 13.4. The van der Waals surface area contributed by atoms with Crippen molar-refractivity contribution in [3.8, 4) is 0 Å². The molecule has 2 aromatic heterocycles. The molecule has 0 aliphatic carbocycles. The second-order valence-corrected chi connectivity index (χ2v) is 11.3. The molecule has 2 heterocycles. The molecule has 0 N–H and O–H groups in total. The van der Waals surface area contributed by atoms with Gasteiger partial charge < -0.3 is 4.40 Å². The van der Waals surface area contributed by atoms with Crippen molar-refractivity contribution in [1.29, 1.82) is 0 Å². The van der Waals surface area contributed by atoms with Gasteiger partial charge in [0.2, 0.25) is 5.78 Å². The van der Waals surface area contributed by atoms with Crippen LogP contribution in [0, 0.1) is 6.92 Å². The van der Waals surface area contributed by atoms with Gasteiger partial charge in [-0.15, -0.1) is 0 Å². The van der Waals surface area contributed by atoms with Gasteiger partial charge in [0.1, 0.15) is 15.5 Å². The summed E-state index contributed by atoms with van der Waals surface area (Å²) in [5.74, 6) is -1.04. The first kappa shape index (κ1) is 22.2. The standard InChI is InChI=1S/C21H24N2O5S2/c1-4-12-29(25,26)20-17-14-22-10-11-23(17)18(21(20)30(27,28)13-5-2)19(24)16-8-6-15(3)7-9-16/h6-11,14H,4-5,12-13H2,1-3H3. The van der Waals surface area contributed by atoms with Crippen LogP contribution < -0.4 is 0 Å². The van der Waals surface area contributed by atoms with Crippen molar-refractivity contribution in [3.63, 3.8) is 0 Å². The van der Waals surface area contributed by atoms with Crippen LogP contribution in [0.1, 0.15) is 48.3 Å². The molecule has 30 heavy (non-hydrogen) atoms. The third kappa shape index (κ3) is 3.91. The highest BCUT2D eigenvalue weighted by atomic mass is 32.2. The second kappa shape index (κ2) is 8.31. The van der Waals surface area contributed by atoms with Crippen molar-refractivity contribution in [3.05, 3.63) is 59.7 Å². The third-order valence-corrected chi connectivity index (χ3v) is 8.82. The molecule has 0 saturated carbocycles. The highest BCUT2D eigenvalue weighted by Crippen LogP contribution is 2.35. The SMILES string of the molecule is CCCS(=O)(=O)c1c(S(=O)(=O)CCC)c2cnccn2c1C(=O)c1ccc(C)cc1. The zero-order valence-electron chi connectivity index (χ0n) is 17.1. The Hall–Kier alpha value is -2.52. The molecule has 9 heteroatoms. The molecule has 0 aliphatic rings. The Morgan fingerprint density at radius 2 is 1.50 bits per heavy atom. The molecule has 0 bridgehead atoms. The van der Waals surface area contributed by atoms with Gasteiger partial charge in [-0.3, -0.25) is 9.78 Å². The number of aryl methyl sites for hydroxylation is 1. The summed E-state index contributed by atoms with van der Waals surface area (Å²) in [6.45, 7) is 5.27. The third-order valence-electron chi connectivity index (χ3n) is 4.75. The number of hydrogen-bond acceptors (Lipinski definition) is 6. The molecule has 0 fully saturated rings. The predicted molar refractivity (Wildman–Crippen MR) is 114 cm³/mol. The highest BCUT2D eigenvalue weighted by Gasteiger charge is 2.37. The number of hydrogen-bond donors (Lipinski definition) is 0. The number of fused-ring (bicyclic) bond motifs is 1. The summed E-state index contributed by atoms with van der Waals surface area (Å²) in [5.41, 5.74) is 1.15. The van der Waals surface area contributed by atoms with Gasteiger partial charge in [-0.1, -0.05) is 43.7 Å². The van der Waals surface area contributed by atoms with E-state index in [9.17, 15) is 21.6 Å². The molecule has 160 valence electrons. The van der Waals surface area contributed by atoms with E-state index in [1.807, 2.05) is 6.92 Å². The molecule has 1 aromatic carbocycles. The molecule has 0 radical (unpaired) electrons. The zero-order chi connectivity index (χ0) is 22.1. The minimum Gasteiger partial charge on any atom is -0.308 e. The van der Waals surface area contributed by atoms with Crippen molar-refractivity contribution in [1.82, 2.24) is 9.38 Å². The van der Waals surface area contributed by atoms with E-state index in [0.717, 1.165) is 5.56 Å². The number of benzene rings is 1. The summed E-state index contributed by atoms with van der Waals surface area (Å²) in [6.07, 6.45) is 4.71. The van der Waals surface area contributed by atoms with E-state index in [1.165, 1.54) is 23.0 Å². The zero-order valence-corrected chi connectivity index (χ0v) is 18.8. The Bertz CT molecular complexity index is 1310. The van der Waals surface area contributed by atoms with Gasteiger partial charge in [0, 0.05) is 18.0 Å². The van der Waals surface area contributed by atoms with E-state index in [4.69, 9.17) is 0 Å². The number of sulfone groups is 2. The maximum Gasteiger partial charge on any atom is 0.211 e. The molecule has 0 spiro atoms. The minimum absolute atomic E-state index is 0.0936. The Labute approximate surface area is 176 Å². The average Bonchev–Trinajstić information content (AvgIpc) is 3.05. The number of nitrogens with zero attached hydrogens (tertiary/aromatic N) is 2. The van der Waals surface area contributed by atoms with Crippen LogP contribution in [-0.2, 0) is 19.7 Å². The molecule has 0 saturated heterocycles. The van der Waals surface area contributed by atoms with Crippen molar-refractivity contribution >= 4 is 31.0 Å². The van der Waals surface area contributed by atoms with Crippen molar-refractivity contribution in [2.24, 2.45) is 0 Å². The van der Waals surface area contributed by atoms with Crippen LogP contribution >= 0.6 is 0 Å². The number of carbonyl (C=O) groups excluding carboxylic acids is 1. The monoisotopic (exact) mass is 448 g/mol. The average molecular weight is 449 g/mol. The summed E-state index contributed by atoms with van der Waals surface area (Å²) in [5, 5.41) is 0. The van der Waals surface area contributed by atoms with E-state index in [0.29, 0.717) is 6.42 Å². The Balaban J connectivity index is 2.47. The summed E-state index contributed by atoms with van der Waals surface area (Å²) < 4.78 is 54.0. The summed E-state index contributed by atoms with van der Waals surface area (Å²) >= 11 is 0. The lowest BCUT2D eigenvalue weighted by Gasteiger charge is -2.09. The van der Waals surface area contributed by atoms with Crippen LogP contribution in [0.2, 0.25) is 0 Å². The predicted octanol–water partition coefficient (Wildman–Crippen LogP) is 3.24. The fourth-order valence-corrected chi connectivity index (χ4v) is 7.41. The molecule has 3 aromatic rings. The first-order valence-electron chi connectivity index (χ1n) is 9.69. The van der Waals surface area contributed by atoms with Crippen LogP contribution in [0.4, 0.5) is 0 Å². The first-order valence-corrected chi connectivity index (χ1v) is 13.0. The Morgan fingerprint density at radius 3 is 2.07 bits per heavy atom. The van der Waals surface area contributed by atoms with E-state index in [1.54, 1.807) is 38.1 Å². The van der Waals surface area contributed by atoms with Crippen LogP contribution in [0.15, 0.2) is 52.6 Å². The van der Waals surface area contributed by atoms with Crippen LogP contribution in [0.5, 0.6) is 0 Å². The van der Waals surface area contributed by atoms with Gasteiger partial charge in [0.05, 0.1) is 23.2 Å². The van der Waals surface area contributed by atoms with Crippen LogP contribution in [-0.4, -0.2) is 43.5 Å². The Morgan fingerprint density at radius 1 is 0.933 bits per heavy atom. The second-order valence-electron chi connectivity index (χ2n) is 7.17. The quantitative estimate of drug-likeness (QED) is 0.490. The van der Waals surface area contributed by atoms with Gasteiger partial charge in [-0.25, -0.2) is 16.8 Å². The van der Waals surface area contributed by atoms with E-state index >= 15 is 0 Å². The van der Waals surface area contributed by atoms with Crippen molar-refractivity contribution < 1.29 is 21.6 Å². The van der Waals surface area contributed by atoms with Crippen LogP contribution in [0.3, 0.4) is 0 Å². The van der Waals surface area contributed by atoms with Gasteiger partial charge in [-0.05, 0) is 19.8 Å². The number of aromatic nitrogens is 2.